The molecule has 186 valence electrons. The number of carbonyl (C=O) groups is 1. The molecule has 2 N–H and O–H groups in total. The fourth-order valence-electron chi connectivity index (χ4n) is 3.64. The standard InChI is InChI=1S/C25H17Cl2F3N2O4/c1-32-20(11-19(31-32)24(34)35)16-7-9-21(36-12-13-2-5-15(26)6-3-13)22(23(16)33)14-4-8-18(27)17(10-14)25(28,29)30/h2-11,33H,12H2,1H3,(H,34,35). The lowest BCUT2D eigenvalue weighted by Gasteiger charge is -2.18. The van der Waals surface area contributed by atoms with Gasteiger partial charge in [-0.15, -0.1) is 0 Å². The number of nitrogens with zero attached hydrogens (tertiary/aromatic N) is 2. The van der Waals surface area contributed by atoms with Crippen molar-refractivity contribution >= 4 is 29.2 Å². The number of ether oxygens (including phenoxy) is 1. The van der Waals surface area contributed by atoms with E-state index < -0.39 is 28.5 Å². The van der Waals surface area contributed by atoms with Gasteiger partial charge in [-0.25, -0.2) is 4.79 Å². The van der Waals surface area contributed by atoms with E-state index in [1.807, 2.05) is 0 Å². The minimum Gasteiger partial charge on any atom is -0.506 e. The van der Waals surface area contributed by atoms with Crippen molar-refractivity contribution in [2.24, 2.45) is 7.05 Å². The van der Waals surface area contributed by atoms with Gasteiger partial charge in [-0.05, 0) is 53.6 Å². The van der Waals surface area contributed by atoms with Crippen LogP contribution < -0.4 is 4.74 Å². The van der Waals surface area contributed by atoms with Gasteiger partial charge in [-0.3, -0.25) is 4.68 Å². The molecule has 0 unspecified atom stereocenters. The molecule has 1 heterocycles. The number of aryl methyl sites for hydroxylation is 1. The maximum Gasteiger partial charge on any atom is 0.417 e. The summed E-state index contributed by atoms with van der Waals surface area (Å²) in [6, 6.07) is 14.2. The van der Waals surface area contributed by atoms with Gasteiger partial charge in [0.15, 0.2) is 5.69 Å². The highest BCUT2D eigenvalue weighted by Crippen LogP contribution is 2.46. The summed E-state index contributed by atoms with van der Waals surface area (Å²) >= 11 is 11.7. The zero-order valence-corrected chi connectivity index (χ0v) is 20.0. The predicted molar refractivity (Wildman–Crippen MR) is 129 cm³/mol. The van der Waals surface area contributed by atoms with E-state index in [1.165, 1.54) is 36.0 Å². The molecule has 0 saturated heterocycles. The van der Waals surface area contributed by atoms with Crippen molar-refractivity contribution in [1.29, 1.82) is 0 Å². The Balaban J connectivity index is 1.87. The fraction of sp³-hybridized carbons (Fsp3) is 0.120. The highest BCUT2D eigenvalue weighted by Gasteiger charge is 2.34. The second kappa shape index (κ2) is 9.75. The molecule has 11 heteroatoms. The largest absolute Gasteiger partial charge is 0.506 e. The van der Waals surface area contributed by atoms with Crippen LogP contribution in [0.2, 0.25) is 10.0 Å². The van der Waals surface area contributed by atoms with Crippen molar-refractivity contribution in [1.82, 2.24) is 9.78 Å². The quantitative estimate of drug-likeness (QED) is 0.275. The summed E-state index contributed by atoms with van der Waals surface area (Å²) in [4.78, 5) is 11.3. The molecule has 3 aromatic carbocycles. The zero-order valence-electron chi connectivity index (χ0n) is 18.5. The number of phenols is 1. The van der Waals surface area contributed by atoms with Crippen LogP contribution in [0.4, 0.5) is 13.2 Å². The monoisotopic (exact) mass is 536 g/mol. The lowest BCUT2D eigenvalue weighted by molar-refractivity contribution is -0.137. The normalized spacial score (nSPS) is 11.5. The van der Waals surface area contributed by atoms with Crippen molar-refractivity contribution < 1.29 is 32.9 Å². The van der Waals surface area contributed by atoms with E-state index in [4.69, 9.17) is 27.9 Å². The molecule has 0 aliphatic heterocycles. The minimum atomic E-state index is -4.73. The number of alkyl halides is 3. The van der Waals surface area contributed by atoms with Gasteiger partial charge in [0.05, 0.1) is 21.8 Å². The molecule has 0 fully saturated rings. The van der Waals surface area contributed by atoms with Crippen LogP contribution in [-0.4, -0.2) is 26.0 Å². The maximum absolute atomic E-state index is 13.6. The molecule has 0 aliphatic rings. The molecule has 0 aliphatic carbocycles. The summed E-state index contributed by atoms with van der Waals surface area (Å²) < 4.78 is 47.8. The Bertz CT molecular complexity index is 1450. The van der Waals surface area contributed by atoms with Crippen LogP contribution >= 0.6 is 23.2 Å². The first-order valence-corrected chi connectivity index (χ1v) is 11.1. The van der Waals surface area contributed by atoms with Crippen molar-refractivity contribution in [3.8, 4) is 33.9 Å². The first-order valence-electron chi connectivity index (χ1n) is 10.3. The van der Waals surface area contributed by atoms with Gasteiger partial charge in [-0.2, -0.15) is 18.3 Å². The van der Waals surface area contributed by atoms with Crippen LogP contribution in [0.3, 0.4) is 0 Å². The van der Waals surface area contributed by atoms with Crippen LogP contribution in [0.1, 0.15) is 21.6 Å². The topological polar surface area (TPSA) is 84.6 Å². The number of carboxylic acids is 1. The number of aromatic carboxylic acids is 1. The van der Waals surface area contributed by atoms with Crippen molar-refractivity contribution in [3.05, 3.63) is 87.5 Å². The van der Waals surface area contributed by atoms with Crippen LogP contribution in [0.25, 0.3) is 22.4 Å². The number of aromatic nitrogens is 2. The van der Waals surface area contributed by atoms with E-state index in [1.54, 1.807) is 24.3 Å². The molecule has 0 radical (unpaired) electrons. The third kappa shape index (κ3) is 5.12. The zero-order chi connectivity index (χ0) is 26.2. The molecule has 0 spiro atoms. The molecule has 0 saturated carbocycles. The summed E-state index contributed by atoms with van der Waals surface area (Å²) in [5, 5.41) is 24.4. The molecule has 1 aromatic heterocycles. The summed E-state index contributed by atoms with van der Waals surface area (Å²) in [5.41, 5.74) is -0.250. The van der Waals surface area contributed by atoms with Crippen LogP contribution in [-0.2, 0) is 19.8 Å². The number of rotatable bonds is 6. The summed E-state index contributed by atoms with van der Waals surface area (Å²) in [5.74, 6) is -1.59. The van der Waals surface area contributed by atoms with Crippen molar-refractivity contribution in [3.63, 3.8) is 0 Å². The molecule has 4 aromatic rings. The van der Waals surface area contributed by atoms with Gasteiger partial charge >= 0.3 is 12.1 Å². The van der Waals surface area contributed by atoms with Gasteiger partial charge in [0.1, 0.15) is 18.1 Å². The molecule has 36 heavy (non-hydrogen) atoms. The lowest BCUT2D eigenvalue weighted by Crippen LogP contribution is -2.06. The van der Waals surface area contributed by atoms with Gasteiger partial charge < -0.3 is 14.9 Å². The van der Waals surface area contributed by atoms with E-state index in [2.05, 4.69) is 5.10 Å². The Hall–Kier alpha value is -3.69. The van der Waals surface area contributed by atoms with E-state index in [-0.39, 0.29) is 40.4 Å². The molecular weight excluding hydrogens is 520 g/mol. The molecule has 0 amide bonds. The van der Waals surface area contributed by atoms with Gasteiger partial charge in [0, 0.05) is 17.6 Å². The van der Waals surface area contributed by atoms with Gasteiger partial charge in [-0.1, -0.05) is 41.4 Å². The Morgan fingerprint density at radius 2 is 1.75 bits per heavy atom. The second-order valence-electron chi connectivity index (χ2n) is 7.79. The second-order valence-corrected chi connectivity index (χ2v) is 8.63. The Kier molecular flexibility index (Phi) is 6.88. The van der Waals surface area contributed by atoms with Crippen LogP contribution in [0.15, 0.2) is 60.7 Å². The van der Waals surface area contributed by atoms with Gasteiger partial charge in [0.2, 0.25) is 0 Å². The van der Waals surface area contributed by atoms with E-state index >= 15 is 0 Å². The summed E-state index contributed by atoms with van der Waals surface area (Å²) in [6.07, 6.45) is -4.73. The number of hydrogen-bond acceptors (Lipinski definition) is 4. The van der Waals surface area contributed by atoms with Gasteiger partial charge in [0.25, 0.3) is 0 Å². The number of halogens is 5. The number of benzene rings is 3. The third-order valence-corrected chi connectivity index (χ3v) is 5.96. The summed E-state index contributed by atoms with van der Waals surface area (Å²) in [7, 11) is 1.48. The number of carboxylic acid groups (broad SMARTS) is 1. The predicted octanol–water partition coefficient (Wildman–Crippen LogP) is 7.06. The first kappa shape index (κ1) is 25.4. The first-order chi connectivity index (χ1) is 17.0. The molecule has 0 bridgehead atoms. The van der Waals surface area contributed by atoms with E-state index in [0.29, 0.717) is 5.02 Å². The average molecular weight is 537 g/mol. The van der Waals surface area contributed by atoms with Crippen molar-refractivity contribution in [2.45, 2.75) is 12.8 Å². The molecule has 0 atom stereocenters. The fourth-order valence-corrected chi connectivity index (χ4v) is 3.99. The number of hydrogen-bond donors (Lipinski definition) is 2. The maximum atomic E-state index is 13.6. The Morgan fingerprint density at radius 3 is 2.36 bits per heavy atom. The smallest absolute Gasteiger partial charge is 0.417 e. The van der Waals surface area contributed by atoms with Crippen LogP contribution in [0, 0.1) is 0 Å². The van der Waals surface area contributed by atoms with Crippen LogP contribution in [0.5, 0.6) is 11.5 Å². The molecule has 4 rings (SSSR count). The highest BCUT2D eigenvalue weighted by molar-refractivity contribution is 6.31. The Labute approximate surface area is 213 Å². The third-order valence-electron chi connectivity index (χ3n) is 5.38. The van der Waals surface area contributed by atoms with E-state index in [9.17, 15) is 28.2 Å². The molecule has 6 nitrogen and oxygen atoms in total. The average Bonchev–Trinajstić information content (AvgIpc) is 3.20. The number of phenolic OH excluding ortho intramolecular Hbond substituents is 1. The Morgan fingerprint density at radius 1 is 1.06 bits per heavy atom. The van der Waals surface area contributed by atoms with Crippen molar-refractivity contribution in [2.75, 3.05) is 0 Å². The van der Waals surface area contributed by atoms with E-state index in [0.717, 1.165) is 17.7 Å². The SMILES string of the molecule is Cn1nc(C(=O)O)cc1-c1ccc(OCc2ccc(Cl)cc2)c(-c2ccc(Cl)c(C(F)(F)F)c2)c1O. The lowest BCUT2D eigenvalue weighted by atomic mass is 9.97. The summed E-state index contributed by atoms with van der Waals surface area (Å²) in [6.45, 7) is 0.0392. The molecular formula is C25H17Cl2F3N2O4. The number of aromatic hydroxyl groups is 1. The minimum absolute atomic E-state index is 0.00203. The highest BCUT2D eigenvalue weighted by atomic mass is 35.5.